The Morgan fingerprint density at radius 1 is 1.50 bits per heavy atom. The third-order valence-electron chi connectivity index (χ3n) is 5.56. The van der Waals surface area contributed by atoms with Gasteiger partial charge in [-0.1, -0.05) is 12.5 Å². The van der Waals surface area contributed by atoms with Crippen molar-refractivity contribution in [3.8, 4) is 11.5 Å². The summed E-state index contributed by atoms with van der Waals surface area (Å²) in [6.45, 7) is 1.93. The van der Waals surface area contributed by atoms with Crippen LogP contribution in [0.2, 0.25) is 0 Å². The number of rotatable bonds is 4. The van der Waals surface area contributed by atoms with E-state index < -0.39 is 5.41 Å². The Hall–Kier alpha value is -2.21. The molecule has 1 amide bonds. The van der Waals surface area contributed by atoms with E-state index >= 15 is 0 Å². The molecule has 5 nitrogen and oxygen atoms in total. The first-order chi connectivity index (χ1) is 11.6. The molecule has 2 aromatic rings. The molecule has 24 heavy (non-hydrogen) atoms. The van der Waals surface area contributed by atoms with Gasteiger partial charge < -0.3 is 10.2 Å². The molecule has 2 atom stereocenters. The smallest absolute Gasteiger partial charge is 0.225 e. The molecule has 2 N–H and O–H groups in total. The summed E-state index contributed by atoms with van der Waals surface area (Å²) in [6, 6.07) is 5.02. The van der Waals surface area contributed by atoms with Crippen molar-refractivity contribution in [1.82, 2.24) is 9.88 Å². The second-order valence-electron chi connectivity index (χ2n) is 6.92. The number of hydrogen-bond acceptors (Lipinski definition) is 4. The molecule has 1 aliphatic heterocycles. The highest BCUT2D eigenvalue weighted by molar-refractivity contribution is 5.82. The van der Waals surface area contributed by atoms with Crippen molar-refractivity contribution < 1.29 is 13.6 Å². The van der Waals surface area contributed by atoms with Crippen molar-refractivity contribution in [2.75, 3.05) is 13.1 Å². The summed E-state index contributed by atoms with van der Waals surface area (Å²) < 4.78 is 19.7. The molecule has 126 valence electrons. The fourth-order valence-electron chi connectivity index (χ4n) is 4.33. The van der Waals surface area contributed by atoms with Gasteiger partial charge in [-0.25, -0.2) is 9.37 Å². The van der Waals surface area contributed by atoms with Crippen molar-refractivity contribution >= 4 is 5.91 Å². The lowest BCUT2D eigenvalue weighted by Crippen LogP contribution is -2.40. The van der Waals surface area contributed by atoms with E-state index in [9.17, 15) is 9.18 Å². The van der Waals surface area contributed by atoms with E-state index in [0.717, 1.165) is 25.8 Å². The van der Waals surface area contributed by atoms with Gasteiger partial charge in [0, 0.05) is 30.8 Å². The quantitative estimate of drug-likeness (QED) is 0.936. The van der Waals surface area contributed by atoms with E-state index in [1.165, 1.54) is 18.5 Å². The fourth-order valence-corrected chi connectivity index (χ4v) is 4.33. The predicted octanol–water partition coefficient (Wildman–Crippen LogP) is 2.57. The van der Waals surface area contributed by atoms with Crippen LogP contribution in [0.25, 0.3) is 11.5 Å². The van der Waals surface area contributed by atoms with Crippen LogP contribution < -0.4 is 5.73 Å². The van der Waals surface area contributed by atoms with Crippen molar-refractivity contribution in [3.05, 3.63) is 42.0 Å². The largest absolute Gasteiger partial charge is 0.445 e. The number of carbonyl (C=O) groups excluding carboxylic acids is 1. The van der Waals surface area contributed by atoms with Crippen LogP contribution in [0.15, 0.2) is 35.1 Å². The molecule has 0 unspecified atom stereocenters. The Kier molecular flexibility index (Phi) is 3.64. The molecule has 2 fully saturated rings. The summed E-state index contributed by atoms with van der Waals surface area (Å²) in [4.78, 5) is 18.1. The lowest BCUT2D eigenvalue weighted by molar-refractivity contribution is -0.128. The van der Waals surface area contributed by atoms with Gasteiger partial charge in [0.25, 0.3) is 0 Å². The van der Waals surface area contributed by atoms with Crippen LogP contribution >= 0.6 is 0 Å². The summed E-state index contributed by atoms with van der Waals surface area (Å²) in [6.07, 6.45) is 5.95. The molecule has 1 aromatic heterocycles. The Bertz CT molecular complexity index is 762. The van der Waals surface area contributed by atoms with Crippen LogP contribution in [-0.2, 0) is 11.3 Å². The van der Waals surface area contributed by atoms with Gasteiger partial charge in [-0.05, 0) is 30.9 Å². The topological polar surface area (TPSA) is 72.4 Å². The molecule has 1 aromatic carbocycles. The highest BCUT2D eigenvalue weighted by atomic mass is 19.1. The number of fused-ring (bicyclic) bond motifs is 1. The molecule has 1 aliphatic carbocycles. The van der Waals surface area contributed by atoms with Gasteiger partial charge in [0.15, 0.2) is 0 Å². The SMILES string of the molecule is NC(=O)[C@]12CCC[C@H]1CN(Cc1ccc(-c3ncco3)cc1F)C2. The van der Waals surface area contributed by atoms with Gasteiger partial charge in [-0.15, -0.1) is 0 Å². The number of aromatic nitrogens is 1. The van der Waals surface area contributed by atoms with Gasteiger partial charge in [0.2, 0.25) is 11.8 Å². The maximum atomic E-state index is 14.5. The number of hydrogen-bond donors (Lipinski definition) is 1. The molecule has 0 bridgehead atoms. The van der Waals surface area contributed by atoms with E-state index in [4.69, 9.17) is 10.2 Å². The number of carbonyl (C=O) groups is 1. The molecule has 6 heteroatoms. The Labute approximate surface area is 139 Å². The fraction of sp³-hybridized carbons (Fsp3) is 0.444. The number of amides is 1. The average molecular weight is 329 g/mol. The summed E-state index contributed by atoms with van der Waals surface area (Å²) >= 11 is 0. The van der Waals surface area contributed by atoms with E-state index in [1.54, 1.807) is 6.07 Å². The summed E-state index contributed by atoms with van der Waals surface area (Å²) in [7, 11) is 0. The minimum absolute atomic E-state index is 0.202. The number of oxazole rings is 1. The molecule has 1 saturated heterocycles. The number of primary amides is 1. The van der Waals surface area contributed by atoms with Crippen LogP contribution in [0.5, 0.6) is 0 Å². The lowest BCUT2D eigenvalue weighted by Gasteiger charge is -2.24. The molecule has 2 heterocycles. The third-order valence-corrected chi connectivity index (χ3v) is 5.56. The number of nitrogens with zero attached hydrogens (tertiary/aromatic N) is 2. The van der Waals surface area contributed by atoms with Crippen LogP contribution in [0.1, 0.15) is 24.8 Å². The summed E-state index contributed by atoms with van der Waals surface area (Å²) in [5.74, 6) is 0.233. The normalized spacial score (nSPS) is 26.6. The Balaban J connectivity index is 1.51. The molecule has 2 aliphatic rings. The average Bonchev–Trinajstić information content (AvgIpc) is 3.24. The van der Waals surface area contributed by atoms with Gasteiger partial charge in [-0.2, -0.15) is 0 Å². The second-order valence-corrected chi connectivity index (χ2v) is 6.92. The van der Waals surface area contributed by atoms with Crippen molar-refractivity contribution in [2.24, 2.45) is 17.1 Å². The molecule has 0 radical (unpaired) electrons. The van der Waals surface area contributed by atoms with Gasteiger partial charge in [0.05, 0.1) is 11.6 Å². The predicted molar refractivity (Wildman–Crippen MR) is 86.1 cm³/mol. The number of likely N-dealkylation sites (tertiary alicyclic amines) is 1. The monoisotopic (exact) mass is 329 g/mol. The minimum atomic E-state index is -0.408. The maximum Gasteiger partial charge on any atom is 0.225 e. The van der Waals surface area contributed by atoms with Crippen LogP contribution in [-0.4, -0.2) is 28.9 Å². The van der Waals surface area contributed by atoms with Crippen LogP contribution in [0.4, 0.5) is 4.39 Å². The first-order valence-corrected chi connectivity index (χ1v) is 8.29. The number of halogens is 1. The van der Waals surface area contributed by atoms with Crippen molar-refractivity contribution in [3.63, 3.8) is 0 Å². The molecular weight excluding hydrogens is 309 g/mol. The Morgan fingerprint density at radius 2 is 2.38 bits per heavy atom. The summed E-state index contributed by atoms with van der Waals surface area (Å²) in [5.41, 5.74) is 6.50. The van der Waals surface area contributed by atoms with Crippen molar-refractivity contribution in [2.45, 2.75) is 25.8 Å². The molecule has 1 saturated carbocycles. The van der Waals surface area contributed by atoms with Crippen LogP contribution in [0.3, 0.4) is 0 Å². The zero-order valence-electron chi connectivity index (χ0n) is 13.4. The zero-order chi connectivity index (χ0) is 16.7. The Morgan fingerprint density at radius 3 is 3.04 bits per heavy atom. The lowest BCUT2D eigenvalue weighted by atomic mass is 9.80. The highest BCUT2D eigenvalue weighted by Gasteiger charge is 2.53. The highest BCUT2D eigenvalue weighted by Crippen LogP contribution is 2.48. The maximum absolute atomic E-state index is 14.5. The molecule has 4 rings (SSSR count). The van der Waals surface area contributed by atoms with Crippen molar-refractivity contribution in [1.29, 1.82) is 0 Å². The standard InChI is InChI=1S/C18H20FN3O2/c19-15-8-12(16-21-6-7-24-16)3-4-13(15)9-22-10-14-2-1-5-18(14,11-22)17(20)23/h3-4,6-8,14H,1-2,5,9-11H2,(H2,20,23)/t14-,18-/m0/s1. The van der Waals surface area contributed by atoms with Gasteiger partial charge in [-0.3, -0.25) is 9.69 Å². The van der Waals surface area contributed by atoms with E-state index in [0.29, 0.717) is 36.0 Å². The van der Waals surface area contributed by atoms with E-state index in [-0.39, 0.29) is 11.7 Å². The first-order valence-electron chi connectivity index (χ1n) is 8.29. The first kappa shape index (κ1) is 15.3. The molecular formula is C18H20FN3O2. The molecule has 0 spiro atoms. The minimum Gasteiger partial charge on any atom is -0.445 e. The second kappa shape index (κ2) is 5.70. The van der Waals surface area contributed by atoms with E-state index in [2.05, 4.69) is 9.88 Å². The van der Waals surface area contributed by atoms with Gasteiger partial charge >= 0.3 is 0 Å². The number of benzene rings is 1. The number of nitrogens with two attached hydrogens (primary N) is 1. The zero-order valence-corrected chi connectivity index (χ0v) is 13.4. The third kappa shape index (κ3) is 2.41. The van der Waals surface area contributed by atoms with Crippen LogP contribution in [0, 0.1) is 17.2 Å². The van der Waals surface area contributed by atoms with E-state index in [1.807, 2.05) is 6.07 Å². The van der Waals surface area contributed by atoms with Gasteiger partial charge in [0.1, 0.15) is 12.1 Å². The summed E-state index contributed by atoms with van der Waals surface area (Å²) in [5, 5.41) is 0.